The highest BCUT2D eigenvalue weighted by molar-refractivity contribution is 9.10. The van der Waals surface area contributed by atoms with Crippen molar-refractivity contribution < 1.29 is 9.59 Å². The van der Waals surface area contributed by atoms with E-state index in [0.717, 1.165) is 36.1 Å². The molecule has 4 rings (SSSR count). The van der Waals surface area contributed by atoms with Crippen LogP contribution in [0.15, 0.2) is 53.0 Å². The van der Waals surface area contributed by atoms with Gasteiger partial charge >= 0.3 is 0 Å². The molecule has 1 heterocycles. The Morgan fingerprint density at radius 3 is 2.32 bits per heavy atom. The van der Waals surface area contributed by atoms with Gasteiger partial charge in [-0.2, -0.15) is 0 Å². The van der Waals surface area contributed by atoms with Crippen LogP contribution in [0.4, 0.5) is 5.69 Å². The van der Waals surface area contributed by atoms with Gasteiger partial charge < -0.3 is 10.2 Å². The number of nitrogens with one attached hydrogen (secondary N) is 1. The van der Waals surface area contributed by atoms with E-state index in [1.165, 1.54) is 18.4 Å². The average molecular weight is 484 g/mol. The molecule has 1 aliphatic carbocycles. The standard InChI is InChI=1S/C25H30BrN3O2/c1-18-9-11-22(12-10-18)27-24(30)23(19-5-2-3-6-19)28-13-15-29(16-14-28)25(31)20-7-4-8-21(26)17-20/h4,7-12,17,19,23H,2-3,5-6,13-16H2,1H3,(H,27,30). The van der Waals surface area contributed by atoms with Crippen molar-refractivity contribution in [3.8, 4) is 0 Å². The molecule has 6 heteroatoms. The Kier molecular flexibility index (Phi) is 7.08. The summed E-state index contributed by atoms with van der Waals surface area (Å²) in [6.07, 6.45) is 4.59. The van der Waals surface area contributed by atoms with Gasteiger partial charge in [-0.15, -0.1) is 0 Å². The van der Waals surface area contributed by atoms with Crippen molar-refractivity contribution in [3.05, 3.63) is 64.1 Å². The van der Waals surface area contributed by atoms with Gasteiger partial charge in [-0.25, -0.2) is 0 Å². The lowest BCUT2D eigenvalue weighted by atomic mass is 9.94. The maximum Gasteiger partial charge on any atom is 0.253 e. The molecule has 164 valence electrons. The van der Waals surface area contributed by atoms with Crippen LogP contribution < -0.4 is 5.32 Å². The first-order valence-corrected chi connectivity index (χ1v) is 12.0. The molecule has 0 spiro atoms. The zero-order chi connectivity index (χ0) is 21.8. The number of benzene rings is 2. The van der Waals surface area contributed by atoms with E-state index in [1.807, 2.05) is 60.4 Å². The van der Waals surface area contributed by atoms with E-state index in [-0.39, 0.29) is 17.9 Å². The first-order valence-electron chi connectivity index (χ1n) is 11.2. The monoisotopic (exact) mass is 483 g/mol. The van der Waals surface area contributed by atoms with Crippen LogP contribution in [0.5, 0.6) is 0 Å². The molecule has 0 bridgehead atoms. The summed E-state index contributed by atoms with van der Waals surface area (Å²) in [5.41, 5.74) is 2.73. The van der Waals surface area contributed by atoms with Gasteiger partial charge in [0, 0.05) is 41.9 Å². The van der Waals surface area contributed by atoms with Crippen LogP contribution in [0.3, 0.4) is 0 Å². The molecule has 1 aliphatic heterocycles. The van der Waals surface area contributed by atoms with Crippen LogP contribution in [0, 0.1) is 12.8 Å². The maximum atomic E-state index is 13.3. The van der Waals surface area contributed by atoms with Gasteiger partial charge in [0.1, 0.15) is 0 Å². The van der Waals surface area contributed by atoms with E-state index in [2.05, 4.69) is 26.1 Å². The van der Waals surface area contributed by atoms with E-state index >= 15 is 0 Å². The summed E-state index contributed by atoms with van der Waals surface area (Å²) in [6, 6.07) is 15.4. The summed E-state index contributed by atoms with van der Waals surface area (Å²) in [5, 5.41) is 3.14. The molecule has 1 saturated carbocycles. The molecule has 1 atom stereocenters. The average Bonchev–Trinajstić information content (AvgIpc) is 3.30. The lowest BCUT2D eigenvalue weighted by Gasteiger charge is -2.40. The molecule has 2 fully saturated rings. The zero-order valence-electron chi connectivity index (χ0n) is 18.0. The second-order valence-electron chi connectivity index (χ2n) is 8.68. The number of aryl methyl sites for hydroxylation is 1. The van der Waals surface area contributed by atoms with Crippen LogP contribution in [-0.4, -0.2) is 53.8 Å². The fourth-order valence-electron chi connectivity index (χ4n) is 4.81. The first-order chi connectivity index (χ1) is 15.0. The molecule has 1 N–H and O–H groups in total. The fraction of sp³-hybridized carbons (Fsp3) is 0.440. The van der Waals surface area contributed by atoms with Gasteiger partial charge in [-0.05, 0) is 56.0 Å². The summed E-state index contributed by atoms with van der Waals surface area (Å²) < 4.78 is 0.908. The highest BCUT2D eigenvalue weighted by Crippen LogP contribution is 2.32. The number of nitrogens with zero attached hydrogens (tertiary/aromatic N) is 2. The Morgan fingerprint density at radius 2 is 1.68 bits per heavy atom. The molecular formula is C25H30BrN3O2. The van der Waals surface area contributed by atoms with Crippen molar-refractivity contribution in [1.82, 2.24) is 9.80 Å². The molecular weight excluding hydrogens is 454 g/mol. The number of piperazine rings is 1. The molecule has 1 unspecified atom stereocenters. The predicted octanol–water partition coefficient (Wildman–Crippen LogP) is 4.71. The molecule has 0 radical (unpaired) electrons. The van der Waals surface area contributed by atoms with Gasteiger partial charge in [-0.1, -0.05) is 52.5 Å². The molecule has 5 nitrogen and oxygen atoms in total. The highest BCUT2D eigenvalue weighted by Gasteiger charge is 2.37. The largest absolute Gasteiger partial charge is 0.336 e. The van der Waals surface area contributed by atoms with Crippen molar-refractivity contribution >= 4 is 33.4 Å². The lowest BCUT2D eigenvalue weighted by molar-refractivity contribution is -0.123. The van der Waals surface area contributed by atoms with Crippen molar-refractivity contribution in [2.45, 2.75) is 38.6 Å². The Morgan fingerprint density at radius 1 is 1.00 bits per heavy atom. The van der Waals surface area contributed by atoms with Crippen molar-refractivity contribution in [2.75, 3.05) is 31.5 Å². The summed E-state index contributed by atoms with van der Waals surface area (Å²) in [4.78, 5) is 30.4. The van der Waals surface area contributed by atoms with Crippen LogP contribution in [-0.2, 0) is 4.79 Å². The van der Waals surface area contributed by atoms with Crippen LogP contribution >= 0.6 is 15.9 Å². The first kappa shape index (κ1) is 22.0. The SMILES string of the molecule is Cc1ccc(NC(=O)C(C2CCCC2)N2CCN(C(=O)c3cccc(Br)c3)CC2)cc1. The molecule has 31 heavy (non-hydrogen) atoms. The van der Waals surface area contributed by atoms with E-state index in [9.17, 15) is 9.59 Å². The number of carbonyl (C=O) groups excluding carboxylic acids is 2. The lowest BCUT2D eigenvalue weighted by Crippen LogP contribution is -2.56. The summed E-state index contributed by atoms with van der Waals surface area (Å²) in [6.45, 7) is 4.78. The second kappa shape index (κ2) is 9.96. The van der Waals surface area contributed by atoms with Crippen LogP contribution in [0.25, 0.3) is 0 Å². The molecule has 2 aromatic carbocycles. The maximum absolute atomic E-state index is 13.3. The summed E-state index contributed by atoms with van der Waals surface area (Å²) in [7, 11) is 0. The summed E-state index contributed by atoms with van der Waals surface area (Å²) in [5.74, 6) is 0.530. The van der Waals surface area contributed by atoms with E-state index < -0.39 is 0 Å². The minimum atomic E-state index is -0.132. The van der Waals surface area contributed by atoms with Crippen LogP contribution in [0.2, 0.25) is 0 Å². The third-order valence-electron chi connectivity index (χ3n) is 6.50. The smallest absolute Gasteiger partial charge is 0.253 e. The second-order valence-corrected chi connectivity index (χ2v) is 9.60. The number of hydrogen-bond donors (Lipinski definition) is 1. The highest BCUT2D eigenvalue weighted by atomic mass is 79.9. The predicted molar refractivity (Wildman–Crippen MR) is 127 cm³/mol. The Hall–Kier alpha value is -2.18. The minimum Gasteiger partial charge on any atom is -0.336 e. The van der Waals surface area contributed by atoms with Crippen molar-refractivity contribution in [2.24, 2.45) is 5.92 Å². The van der Waals surface area contributed by atoms with Crippen molar-refractivity contribution in [1.29, 1.82) is 0 Å². The van der Waals surface area contributed by atoms with Gasteiger partial charge in [0.2, 0.25) is 5.91 Å². The fourth-order valence-corrected chi connectivity index (χ4v) is 5.21. The Bertz CT molecular complexity index is 917. The van der Waals surface area contributed by atoms with E-state index in [1.54, 1.807) is 0 Å². The van der Waals surface area contributed by atoms with E-state index in [0.29, 0.717) is 24.6 Å². The third-order valence-corrected chi connectivity index (χ3v) is 6.99. The Labute approximate surface area is 192 Å². The van der Waals surface area contributed by atoms with Crippen LogP contribution in [0.1, 0.15) is 41.6 Å². The minimum absolute atomic E-state index is 0.0578. The van der Waals surface area contributed by atoms with E-state index in [4.69, 9.17) is 0 Å². The number of carbonyl (C=O) groups is 2. The number of halogens is 1. The summed E-state index contributed by atoms with van der Waals surface area (Å²) >= 11 is 3.44. The molecule has 2 amide bonds. The normalized spacial score (nSPS) is 18.7. The zero-order valence-corrected chi connectivity index (χ0v) is 19.6. The number of hydrogen-bond acceptors (Lipinski definition) is 3. The molecule has 1 saturated heterocycles. The van der Waals surface area contributed by atoms with Gasteiger partial charge in [-0.3, -0.25) is 14.5 Å². The topological polar surface area (TPSA) is 52.7 Å². The Balaban J connectivity index is 1.43. The number of rotatable bonds is 5. The number of anilines is 1. The molecule has 2 aliphatic rings. The quantitative estimate of drug-likeness (QED) is 0.669. The third kappa shape index (κ3) is 5.36. The van der Waals surface area contributed by atoms with Gasteiger partial charge in [0.15, 0.2) is 0 Å². The molecule has 0 aromatic heterocycles. The van der Waals surface area contributed by atoms with Crippen molar-refractivity contribution in [3.63, 3.8) is 0 Å². The van der Waals surface area contributed by atoms with Gasteiger partial charge in [0.05, 0.1) is 6.04 Å². The van der Waals surface area contributed by atoms with Gasteiger partial charge in [0.25, 0.3) is 5.91 Å². The molecule has 2 aromatic rings. The number of amides is 2.